The van der Waals surface area contributed by atoms with Crippen molar-refractivity contribution in [2.75, 3.05) is 11.9 Å². The molecular formula is C28H28N2O3S. The summed E-state index contributed by atoms with van der Waals surface area (Å²) >= 11 is 0. The Morgan fingerprint density at radius 3 is 2.50 bits per heavy atom. The summed E-state index contributed by atoms with van der Waals surface area (Å²) in [4.78, 5) is 0.287. The van der Waals surface area contributed by atoms with E-state index in [0.29, 0.717) is 5.52 Å². The molecule has 0 aliphatic carbocycles. The maximum absolute atomic E-state index is 13.6. The van der Waals surface area contributed by atoms with Gasteiger partial charge in [0.05, 0.1) is 22.6 Å². The lowest BCUT2D eigenvalue weighted by atomic mass is 9.76. The van der Waals surface area contributed by atoms with E-state index in [2.05, 4.69) is 31.3 Å². The van der Waals surface area contributed by atoms with Crippen molar-refractivity contribution in [1.29, 1.82) is 0 Å². The number of ether oxygens (including phenoxy) is 1. The van der Waals surface area contributed by atoms with Crippen molar-refractivity contribution in [3.8, 4) is 0 Å². The molecule has 1 N–H and O–H groups in total. The molecule has 3 atom stereocenters. The number of nitrogens with zero attached hydrogens (tertiary/aromatic N) is 1. The van der Waals surface area contributed by atoms with Crippen LogP contribution in [0.2, 0.25) is 0 Å². The highest BCUT2D eigenvalue weighted by molar-refractivity contribution is 7.90. The lowest BCUT2D eigenvalue weighted by molar-refractivity contribution is -0.0383. The Hall–Kier alpha value is -3.09. The molecule has 2 aliphatic heterocycles. The third-order valence-corrected chi connectivity index (χ3v) is 9.08. The summed E-state index contributed by atoms with van der Waals surface area (Å²) in [6.45, 7) is 5.02. The Balaban J connectivity index is 1.55. The fourth-order valence-electron chi connectivity index (χ4n) is 5.73. The summed E-state index contributed by atoms with van der Waals surface area (Å²) in [5, 5.41) is 4.79. The van der Waals surface area contributed by atoms with E-state index in [1.807, 2.05) is 36.5 Å². The number of aromatic nitrogens is 1. The van der Waals surface area contributed by atoms with Crippen molar-refractivity contribution >= 4 is 26.6 Å². The van der Waals surface area contributed by atoms with Crippen LogP contribution in [0.5, 0.6) is 0 Å². The molecule has 3 heterocycles. The minimum atomic E-state index is -3.73. The van der Waals surface area contributed by atoms with Crippen molar-refractivity contribution in [2.45, 2.75) is 43.7 Å². The van der Waals surface area contributed by atoms with E-state index in [0.717, 1.165) is 36.1 Å². The Bertz CT molecular complexity index is 1490. The summed E-state index contributed by atoms with van der Waals surface area (Å²) in [5.41, 5.74) is 6.49. The summed E-state index contributed by atoms with van der Waals surface area (Å²) in [5.74, 6) is 0.223. The van der Waals surface area contributed by atoms with Crippen LogP contribution in [0, 0.1) is 19.8 Å². The van der Waals surface area contributed by atoms with Gasteiger partial charge in [-0.3, -0.25) is 0 Å². The second kappa shape index (κ2) is 8.00. The number of anilines is 1. The first-order chi connectivity index (χ1) is 16.5. The molecular weight excluding hydrogens is 444 g/mol. The van der Waals surface area contributed by atoms with Gasteiger partial charge in [-0.05, 0) is 56.0 Å². The van der Waals surface area contributed by atoms with Gasteiger partial charge in [0.15, 0.2) is 0 Å². The van der Waals surface area contributed by atoms with E-state index in [4.69, 9.17) is 4.74 Å². The fourth-order valence-corrected chi connectivity index (χ4v) is 7.13. The molecule has 0 amide bonds. The molecule has 0 bridgehead atoms. The highest BCUT2D eigenvalue weighted by Gasteiger charge is 2.42. The largest absolute Gasteiger partial charge is 0.377 e. The van der Waals surface area contributed by atoms with Gasteiger partial charge in [-0.25, -0.2) is 12.4 Å². The van der Waals surface area contributed by atoms with Crippen LogP contribution in [0.25, 0.3) is 10.9 Å². The Kier molecular flexibility index (Phi) is 5.04. The van der Waals surface area contributed by atoms with Crippen molar-refractivity contribution < 1.29 is 13.2 Å². The predicted octanol–water partition coefficient (Wildman–Crippen LogP) is 6.13. The maximum atomic E-state index is 13.6. The van der Waals surface area contributed by atoms with Crippen molar-refractivity contribution in [2.24, 2.45) is 5.92 Å². The van der Waals surface area contributed by atoms with Crippen LogP contribution in [-0.4, -0.2) is 19.0 Å². The molecule has 0 radical (unpaired) electrons. The van der Waals surface area contributed by atoms with E-state index < -0.39 is 10.0 Å². The molecule has 174 valence electrons. The number of rotatable bonds is 3. The van der Waals surface area contributed by atoms with Crippen LogP contribution in [-0.2, 0) is 14.8 Å². The van der Waals surface area contributed by atoms with E-state index in [-0.39, 0.29) is 23.0 Å². The Morgan fingerprint density at radius 1 is 0.941 bits per heavy atom. The van der Waals surface area contributed by atoms with E-state index in [1.54, 1.807) is 24.3 Å². The molecule has 1 fully saturated rings. The minimum Gasteiger partial charge on any atom is -0.377 e. The van der Waals surface area contributed by atoms with Gasteiger partial charge in [0.2, 0.25) is 0 Å². The van der Waals surface area contributed by atoms with Gasteiger partial charge in [0, 0.05) is 40.9 Å². The molecule has 2 aliphatic rings. The summed E-state index contributed by atoms with van der Waals surface area (Å²) < 4.78 is 35.1. The third kappa shape index (κ3) is 3.20. The summed E-state index contributed by atoms with van der Waals surface area (Å²) in [6, 6.07) is 20.7. The average Bonchev–Trinajstić information content (AvgIpc) is 3.26. The van der Waals surface area contributed by atoms with Crippen LogP contribution >= 0.6 is 0 Å². The lowest BCUT2D eigenvalue weighted by Gasteiger charge is -2.44. The number of aryl methyl sites for hydroxylation is 2. The molecule has 5 nitrogen and oxygen atoms in total. The summed E-state index contributed by atoms with van der Waals surface area (Å²) in [7, 11) is -3.73. The zero-order valence-electron chi connectivity index (χ0n) is 19.4. The minimum absolute atomic E-state index is 0.00254. The number of nitrogens with one attached hydrogen (secondary N) is 1. The van der Waals surface area contributed by atoms with E-state index in [1.165, 1.54) is 20.7 Å². The molecule has 0 spiro atoms. The third-order valence-electron chi connectivity index (χ3n) is 7.40. The van der Waals surface area contributed by atoms with Gasteiger partial charge in [0.1, 0.15) is 0 Å². The predicted molar refractivity (Wildman–Crippen MR) is 135 cm³/mol. The van der Waals surface area contributed by atoms with E-state index in [9.17, 15) is 8.42 Å². The molecule has 6 rings (SSSR count). The highest BCUT2D eigenvalue weighted by Crippen LogP contribution is 2.52. The van der Waals surface area contributed by atoms with Gasteiger partial charge in [-0.15, -0.1) is 0 Å². The van der Waals surface area contributed by atoms with Crippen LogP contribution in [0.4, 0.5) is 5.69 Å². The zero-order chi connectivity index (χ0) is 23.4. The topological polar surface area (TPSA) is 60.3 Å². The SMILES string of the molecule is Cc1ccc(C)c2c1N[C@@H](c1cn(S(=O)(=O)c3ccccc3)c3ccccc13)[C@@H]1CCCO[C@H]21. The first kappa shape index (κ1) is 21.4. The van der Waals surface area contributed by atoms with Crippen molar-refractivity contribution in [1.82, 2.24) is 3.97 Å². The molecule has 3 aromatic carbocycles. The molecule has 1 aromatic heterocycles. The van der Waals surface area contributed by atoms with Crippen molar-refractivity contribution in [3.63, 3.8) is 0 Å². The van der Waals surface area contributed by atoms with E-state index >= 15 is 0 Å². The number of hydrogen-bond donors (Lipinski definition) is 1. The lowest BCUT2D eigenvalue weighted by Crippen LogP contribution is -2.36. The smallest absolute Gasteiger partial charge is 0.268 e. The second-order valence-corrected chi connectivity index (χ2v) is 11.2. The molecule has 1 saturated heterocycles. The van der Waals surface area contributed by atoms with Crippen LogP contribution in [0.15, 0.2) is 77.8 Å². The van der Waals surface area contributed by atoms with Gasteiger partial charge in [-0.2, -0.15) is 0 Å². The first-order valence-electron chi connectivity index (χ1n) is 11.9. The quantitative estimate of drug-likeness (QED) is 0.390. The zero-order valence-corrected chi connectivity index (χ0v) is 20.2. The number of benzene rings is 3. The fraction of sp³-hybridized carbons (Fsp3) is 0.286. The number of fused-ring (bicyclic) bond motifs is 4. The number of para-hydroxylation sites is 1. The molecule has 6 heteroatoms. The maximum Gasteiger partial charge on any atom is 0.268 e. The van der Waals surface area contributed by atoms with Crippen molar-refractivity contribution in [3.05, 3.63) is 95.2 Å². The van der Waals surface area contributed by atoms with Crippen LogP contribution in [0.3, 0.4) is 0 Å². The standard InChI is InChI=1S/C28H28N2O3S/c1-18-14-15-19(2)26-25(18)28-22(12-8-16-33-28)27(29-26)23-17-30(24-13-7-6-11-21(23)24)34(31,32)20-9-4-3-5-10-20/h3-7,9-11,13-15,17,22,27-29H,8,12,16H2,1-2H3/t22-,27+,28-/m0/s1. The van der Waals surface area contributed by atoms with Gasteiger partial charge < -0.3 is 10.1 Å². The molecule has 34 heavy (non-hydrogen) atoms. The normalized spacial score (nSPS) is 22.1. The highest BCUT2D eigenvalue weighted by atomic mass is 32.2. The Labute approximate surface area is 200 Å². The monoisotopic (exact) mass is 472 g/mol. The van der Waals surface area contributed by atoms with Gasteiger partial charge in [0.25, 0.3) is 10.0 Å². The molecule has 0 unspecified atom stereocenters. The molecule has 4 aromatic rings. The van der Waals surface area contributed by atoms with Crippen LogP contribution in [0.1, 0.15) is 47.2 Å². The van der Waals surface area contributed by atoms with Gasteiger partial charge in [-0.1, -0.05) is 48.5 Å². The summed E-state index contributed by atoms with van der Waals surface area (Å²) in [6.07, 6.45) is 3.86. The average molecular weight is 473 g/mol. The van der Waals surface area contributed by atoms with Gasteiger partial charge >= 0.3 is 0 Å². The van der Waals surface area contributed by atoms with Crippen LogP contribution < -0.4 is 5.32 Å². The first-order valence-corrected chi connectivity index (χ1v) is 13.3. The number of hydrogen-bond acceptors (Lipinski definition) is 4. The Morgan fingerprint density at radius 2 is 1.68 bits per heavy atom. The molecule has 0 saturated carbocycles. The second-order valence-electron chi connectivity index (χ2n) is 9.42.